The van der Waals surface area contributed by atoms with Crippen LogP contribution in [0.3, 0.4) is 0 Å². The summed E-state index contributed by atoms with van der Waals surface area (Å²) < 4.78 is 0. The first-order valence-corrected chi connectivity index (χ1v) is 9.16. The fourth-order valence-corrected chi connectivity index (χ4v) is 3.00. The average Bonchev–Trinajstić information content (AvgIpc) is 2.61. The van der Waals surface area contributed by atoms with Crippen molar-refractivity contribution in [1.29, 1.82) is 0 Å². The summed E-state index contributed by atoms with van der Waals surface area (Å²) in [5.41, 5.74) is 1.09. The smallest absolute Gasteiger partial charge is 0.224 e. The zero-order chi connectivity index (χ0) is 18.1. The summed E-state index contributed by atoms with van der Waals surface area (Å²) in [4.78, 5) is 32.5. The highest BCUT2D eigenvalue weighted by atomic mass is 16.2. The minimum atomic E-state index is -0.0735. The fourth-order valence-electron chi connectivity index (χ4n) is 3.00. The van der Waals surface area contributed by atoms with Gasteiger partial charge in [-0.25, -0.2) is 0 Å². The lowest BCUT2D eigenvalue weighted by atomic mass is 9.96. The molecule has 1 saturated heterocycles. The van der Waals surface area contributed by atoms with Crippen LogP contribution in [0.2, 0.25) is 0 Å². The van der Waals surface area contributed by atoms with Gasteiger partial charge in [0.2, 0.25) is 11.8 Å². The number of carbonyl (C=O) groups excluding carboxylic acids is 2. The summed E-state index contributed by atoms with van der Waals surface area (Å²) in [5, 5.41) is 3.03. The number of piperidine rings is 1. The first-order valence-electron chi connectivity index (χ1n) is 9.16. The Morgan fingerprint density at radius 2 is 2.20 bits per heavy atom. The summed E-state index contributed by atoms with van der Waals surface area (Å²) in [7, 11) is 3.98. The Hall–Kier alpha value is -1.95. The lowest BCUT2D eigenvalue weighted by Crippen LogP contribution is -2.47. The third-order valence-corrected chi connectivity index (χ3v) is 4.57. The van der Waals surface area contributed by atoms with Crippen LogP contribution in [0.5, 0.6) is 0 Å². The van der Waals surface area contributed by atoms with E-state index in [9.17, 15) is 9.59 Å². The predicted octanol–water partition coefficient (Wildman–Crippen LogP) is 1.32. The minimum absolute atomic E-state index is 0.0735. The number of aromatic nitrogens is 1. The summed E-state index contributed by atoms with van der Waals surface area (Å²) in [6.07, 6.45) is 5.84. The fraction of sp³-hybridized carbons (Fsp3) is 0.632. The molecular formula is C19H30N4O2. The molecule has 2 rings (SSSR count). The maximum Gasteiger partial charge on any atom is 0.224 e. The maximum atomic E-state index is 12.3. The molecule has 6 heteroatoms. The van der Waals surface area contributed by atoms with Crippen molar-refractivity contribution < 1.29 is 9.59 Å². The molecule has 1 aliphatic rings. The lowest BCUT2D eigenvalue weighted by Gasteiger charge is -2.32. The van der Waals surface area contributed by atoms with Crippen molar-refractivity contribution in [3.63, 3.8) is 0 Å². The molecule has 0 aromatic carbocycles. The number of hydrogen-bond donors (Lipinski definition) is 1. The van der Waals surface area contributed by atoms with E-state index in [1.54, 1.807) is 0 Å². The Kier molecular flexibility index (Phi) is 7.85. The molecule has 1 aromatic heterocycles. The molecule has 1 aromatic rings. The molecule has 138 valence electrons. The first kappa shape index (κ1) is 19.4. The number of amides is 2. The van der Waals surface area contributed by atoms with E-state index in [1.165, 1.54) is 0 Å². The van der Waals surface area contributed by atoms with E-state index < -0.39 is 0 Å². The molecule has 0 aliphatic carbocycles. The van der Waals surface area contributed by atoms with Crippen LogP contribution < -0.4 is 5.32 Å². The predicted molar refractivity (Wildman–Crippen MR) is 98.0 cm³/mol. The third kappa shape index (κ3) is 6.82. The second-order valence-electron chi connectivity index (χ2n) is 6.95. The Morgan fingerprint density at radius 1 is 1.36 bits per heavy atom. The summed E-state index contributed by atoms with van der Waals surface area (Å²) >= 11 is 0. The zero-order valence-electron chi connectivity index (χ0n) is 15.4. The Morgan fingerprint density at radius 3 is 2.92 bits per heavy atom. The van der Waals surface area contributed by atoms with Crippen LogP contribution in [-0.4, -0.2) is 66.9 Å². The summed E-state index contributed by atoms with van der Waals surface area (Å²) in [6, 6.07) is 5.94. The van der Waals surface area contributed by atoms with Gasteiger partial charge in [0, 0.05) is 44.5 Å². The van der Waals surface area contributed by atoms with E-state index in [2.05, 4.69) is 15.2 Å². The standard InChI is InChI=1S/C19H30N4O2/c1-22(2)13-14-23-15-16(9-10-18(23)24)19(25)21-12-6-4-8-17-7-3-5-11-20-17/h3,5,7,11,16H,4,6,8-10,12-15H2,1-2H3,(H,21,25)/t16-/m1/s1. The van der Waals surface area contributed by atoms with E-state index in [0.717, 1.165) is 31.5 Å². The van der Waals surface area contributed by atoms with Crippen molar-refractivity contribution >= 4 is 11.8 Å². The number of carbonyl (C=O) groups is 2. The third-order valence-electron chi connectivity index (χ3n) is 4.57. The molecule has 25 heavy (non-hydrogen) atoms. The number of unbranched alkanes of at least 4 members (excludes halogenated alkanes) is 1. The SMILES string of the molecule is CN(C)CCN1C[C@H](C(=O)NCCCCc2ccccn2)CCC1=O. The van der Waals surface area contributed by atoms with Crippen molar-refractivity contribution in [2.24, 2.45) is 5.92 Å². The number of nitrogens with one attached hydrogen (secondary N) is 1. The summed E-state index contributed by atoms with van der Waals surface area (Å²) in [5.74, 6) is 0.178. The van der Waals surface area contributed by atoms with Crippen molar-refractivity contribution in [1.82, 2.24) is 20.1 Å². The van der Waals surface area contributed by atoms with Crippen LogP contribution in [0.1, 0.15) is 31.4 Å². The number of likely N-dealkylation sites (N-methyl/N-ethyl adjacent to an activating group) is 1. The van der Waals surface area contributed by atoms with Crippen molar-refractivity contribution in [3.05, 3.63) is 30.1 Å². The average molecular weight is 346 g/mol. The largest absolute Gasteiger partial charge is 0.356 e. The Balaban J connectivity index is 1.65. The summed E-state index contributed by atoms with van der Waals surface area (Å²) in [6.45, 7) is 2.76. The van der Waals surface area contributed by atoms with Crippen molar-refractivity contribution in [2.45, 2.75) is 32.1 Å². The van der Waals surface area contributed by atoms with Gasteiger partial charge in [-0.2, -0.15) is 0 Å². The molecule has 1 fully saturated rings. The number of pyridine rings is 1. The van der Waals surface area contributed by atoms with E-state index in [-0.39, 0.29) is 17.7 Å². The van der Waals surface area contributed by atoms with Crippen LogP contribution >= 0.6 is 0 Å². The van der Waals surface area contributed by atoms with Crippen LogP contribution in [0.15, 0.2) is 24.4 Å². The van der Waals surface area contributed by atoms with E-state index in [0.29, 0.717) is 32.5 Å². The van der Waals surface area contributed by atoms with Crippen LogP contribution in [0.25, 0.3) is 0 Å². The van der Waals surface area contributed by atoms with Crippen molar-refractivity contribution in [3.8, 4) is 0 Å². The molecule has 0 saturated carbocycles. The number of aryl methyl sites for hydroxylation is 1. The molecule has 1 aliphatic heterocycles. The van der Waals surface area contributed by atoms with Gasteiger partial charge in [-0.15, -0.1) is 0 Å². The molecule has 0 bridgehead atoms. The topological polar surface area (TPSA) is 65.5 Å². The van der Waals surface area contributed by atoms with Crippen LogP contribution in [0, 0.1) is 5.92 Å². The van der Waals surface area contributed by atoms with Crippen LogP contribution in [-0.2, 0) is 16.0 Å². The quantitative estimate of drug-likeness (QED) is 0.685. The first-order chi connectivity index (χ1) is 12.1. The van der Waals surface area contributed by atoms with Gasteiger partial charge in [-0.05, 0) is 51.9 Å². The second kappa shape index (κ2) is 10.1. The van der Waals surface area contributed by atoms with Gasteiger partial charge in [0.05, 0.1) is 5.92 Å². The van der Waals surface area contributed by atoms with Gasteiger partial charge in [0.25, 0.3) is 0 Å². The second-order valence-corrected chi connectivity index (χ2v) is 6.95. The van der Waals surface area contributed by atoms with Crippen molar-refractivity contribution in [2.75, 3.05) is 40.3 Å². The highest BCUT2D eigenvalue weighted by molar-refractivity contribution is 5.83. The van der Waals surface area contributed by atoms with E-state index in [4.69, 9.17) is 0 Å². The van der Waals surface area contributed by atoms with Gasteiger partial charge < -0.3 is 15.1 Å². The highest BCUT2D eigenvalue weighted by Crippen LogP contribution is 2.17. The van der Waals surface area contributed by atoms with Gasteiger partial charge in [0.15, 0.2) is 0 Å². The van der Waals surface area contributed by atoms with Crippen LogP contribution in [0.4, 0.5) is 0 Å². The molecule has 1 atom stereocenters. The monoisotopic (exact) mass is 346 g/mol. The van der Waals surface area contributed by atoms with Gasteiger partial charge >= 0.3 is 0 Å². The number of rotatable bonds is 9. The van der Waals surface area contributed by atoms with E-state index in [1.807, 2.05) is 43.4 Å². The van der Waals surface area contributed by atoms with Gasteiger partial charge in [0.1, 0.15) is 0 Å². The minimum Gasteiger partial charge on any atom is -0.356 e. The number of likely N-dealkylation sites (tertiary alicyclic amines) is 1. The maximum absolute atomic E-state index is 12.3. The Bertz CT molecular complexity index is 548. The molecule has 2 amide bonds. The molecule has 0 radical (unpaired) electrons. The zero-order valence-corrected chi connectivity index (χ0v) is 15.4. The molecular weight excluding hydrogens is 316 g/mol. The van der Waals surface area contributed by atoms with Gasteiger partial charge in [-0.1, -0.05) is 6.07 Å². The number of hydrogen-bond acceptors (Lipinski definition) is 4. The lowest BCUT2D eigenvalue weighted by molar-refractivity contribution is -0.138. The highest BCUT2D eigenvalue weighted by Gasteiger charge is 2.29. The molecule has 6 nitrogen and oxygen atoms in total. The van der Waals surface area contributed by atoms with Gasteiger partial charge in [-0.3, -0.25) is 14.6 Å². The normalized spacial score (nSPS) is 17.8. The molecule has 1 N–H and O–H groups in total. The van der Waals surface area contributed by atoms with E-state index >= 15 is 0 Å². The Labute approximate surface area is 150 Å². The molecule has 0 unspecified atom stereocenters. The number of nitrogens with zero attached hydrogens (tertiary/aromatic N) is 3. The molecule has 0 spiro atoms. The molecule has 2 heterocycles.